The molecule has 2 aliphatic heterocycles. The zero-order valence-electron chi connectivity index (χ0n) is 15.1. The molecule has 0 aromatic carbocycles. The summed E-state index contributed by atoms with van der Waals surface area (Å²) in [6.07, 6.45) is 3.99. The van der Waals surface area contributed by atoms with E-state index in [9.17, 15) is 0 Å². The van der Waals surface area contributed by atoms with Crippen molar-refractivity contribution in [2.45, 2.75) is 53.0 Å². The van der Waals surface area contributed by atoms with E-state index >= 15 is 0 Å². The molecule has 0 aromatic rings. The van der Waals surface area contributed by atoms with E-state index in [1.165, 1.54) is 32.4 Å². The molecule has 2 atom stereocenters. The molecule has 130 valence electrons. The van der Waals surface area contributed by atoms with Gasteiger partial charge >= 0.3 is 0 Å². The predicted molar refractivity (Wildman–Crippen MR) is 106 cm³/mol. The highest BCUT2D eigenvalue weighted by Gasteiger charge is 2.31. The van der Waals surface area contributed by atoms with Crippen LogP contribution in [0, 0.1) is 11.3 Å². The van der Waals surface area contributed by atoms with Gasteiger partial charge in [-0.1, -0.05) is 20.8 Å². The Hall–Kier alpha value is -0.0400. The first-order chi connectivity index (χ1) is 9.91. The van der Waals surface area contributed by atoms with E-state index in [4.69, 9.17) is 0 Å². The molecule has 0 saturated carbocycles. The molecule has 2 fully saturated rings. The van der Waals surface area contributed by atoms with E-state index in [-0.39, 0.29) is 24.0 Å². The maximum Gasteiger partial charge on any atom is 0.193 e. The predicted octanol–water partition coefficient (Wildman–Crippen LogP) is 3.03. The summed E-state index contributed by atoms with van der Waals surface area (Å²) in [6.45, 7) is 15.1. The van der Waals surface area contributed by atoms with Crippen LogP contribution in [0.25, 0.3) is 0 Å². The lowest BCUT2D eigenvalue weighted by Crippen LogP contribution is -2.49. The Morgan fingerprint density at radius 1 is 1.36 bits per heavy atom. The van der Waals surface area contributed by atoms with Gasteiger partial charge in [0.2, 0.25) is 0 Å². The fourth-order valence-electron chi connectivity index (χ4n) is 3.62. The van der Waals surface area contributed by atoms with Crippen LogP contribution in [0.4, 0.5) is 0 Å². The van der Waals surface area contributed by atoms with E-state index in [0.29, 0.717) is 11.5 Å². The first kappa shape index (κ1) is 20.0. The number of piperidine rings is 1. The molecule has 0 amide bonds. The Kier molecular flexibility index (Phi) is 7.92. The standard InChI is InChI=1S/C17H34N4.HI/c1-14-7-6-9-20(12-14)15(2)11-19-16(18-5)21-10-8-17(3,4)13-21;/h14-15H,6-13H2,1-5H3,(H,18,19);1H. The highest BCUT2D eigenvalue weighted by molar-refractivity contribution is 14.0. The second-order valence-corrected chi connectivity index (χ2v) is 7.86. The van der Waals surface area contributed by atoms with E-state index in [2.05, 4.69) is 47.8 Å². The van der Waals surface area contributed by atoms with Crippen molar-refractivity contribution >= 4 is 29.9 Å². The first-order valence-electron chi connectivity index (χ1n) is 8.61. The molecule has 0 radical (unpaired) electrons. The number of hydrogen-bond donors (Lipinski definition) is 1. The van der Waals surface area contributed by atoms with Crippen molar-refractivity contribution in [2.75, 3.05) is 39.8 Å². The molecule has 2 heterocycles. The number of nitrogens with zero attached hydrogens (tertiary/aromatic N) is 3. The van der Waals surface area contributed by atoms with E-state index in [1.54, 1.807) is 0 Å². The summed E-state index contributed by atoms with van der Waals surface area (Å²) in [5.41, 5.74) is 0.422. The molecular weight excluding hydrogens is 387 g/mol. The van der Waals surface area contributed by atoms with Crippen molar-refractivity contribution in [3.8, 4) is 0 Å². The third-order valence-electron chi connectivity index (χ3n) is 5.06. The highest BCUT2D eigenvalue weighted by Crippen LogP contribution is 2.28. The zero-order chi connectivity index (χ0) is 15.5. The van der Waals surface area contributed by atoms with Gasteiger partial charge in [-0.25, -0.2) is 0 Å². The molecule has 2 aliphatic rings. The minimum atomic E-state index is 0. The summed E-state index contributed by atoms with van der Waals surface area (Å²) >= 11 is 0. The lowest BCUT2D eigenvalue weighted by molar-refractivity contribution is 0.139. The molecule has 22 heavy (non-hydrogen) atoms. The van der Waals surface area contributed by atoms with Gasteiger partial charge in [-0.3, -0.25) is 9.89 Å². The van der Waals surface area contributed by atoms with Gasteiger partial charge < -0.3 is 10.2 Å². The smallest absolute Gasteiger partial charge is 0.193 e. The summed E-state index contributed by atoms with van der Waals surface area (Å²) in [7, 11) is 1.90. The van der Waals surface area contributed by atoms with Gasteiger partial charge in [0.05, 0.1) is 0 Å². The first-order valence-corrected chi connectivity index (χ1v) is 8.61. The molecule has 2 rings (SSSR count). The highest BCUT2D eigenvalue weighted by atomic mass is 127. The molecule has 2 unspecified atom stereocenters. The van der Waals surface area contributed by atoms with Gasteiger partial charge in [0.1, 0.15) is 0 Å². The maximum atomic E-state index is 4.48. The molecule has 0 aliphatic carbocycles. The van der Waals surface area contributed by atoms with Gasteiger partial charge in [-0.2, -0.15) is 0 Å². The monoisotopic (exact) mass is 422 g/mol. The number of aliphatic imine (C=N–C) groups is 1. The van der Waals surface area contributed by atoms with Crippen LogP contribution in [-0.4, -0.2) is 61.6 Å². The van der Waals surface area contributed by atoms with Crippen molar-refractivity contribution in [1.82, 2.24) is 15.1 Å². The SMILES string of the molecule is CN=C(NCC(C)N1CCCC(C)C1)N1CCC(C)(C)C1.I. The minimum absolute atomic E-state index is 0. The summed E-state index contributed by atoms with van der Waals surface area (Å²) < 4.78 is 0. The van der Waals surface area contributed by atoms with Gasteiger partial charge in [0.25, 0.3) is 0 Å². The van der Waals surface area contributed by atoms with Crippen LogP contribution in [-0.2, 0) is 0 Å². The number of rotatable bonds is 3. The van der Waals surface area contributed by atoms with Gasteiger partial charge in [0.15, 0.2) is 5.96 Å². The van der Waals surface area contributed by atoms with Crippen LogP contribution in [0.2, 0.25) is 0 Å². The summed E-state index contributed by atoms with van der Waals surface area (Å²) in [6, 6.07) is 0.583. The second kappa shape index (κ2) is 8.71. The summed E-state index contributed by atoms with van der Waals surface area (Å²) in [5, 5.41) is 3.60. The second-order valence-electron chi connectivity index (χ2n) is 7.86. The minimum Gasteiger partial charge on any atom is -0.355 e. The Balaban J connectivity index is 0.00000242. The molecule has 0 bridgehead atoms. The number of nitrogens with one attached hydrogen (secondary N) is 1. The van der Waals surface area contributed by atoms with E-state index < -0.39 is 0 Å². The topological polar surface area (TPSA) is 30.9 Å². The Bertz CT molecular complexity index is 370. The molecule has 2 saturated heterocycles. The Morgan fingerprint density at radius 3 is 2.64 bits per heavy atom. The average molecular weight is 422 g/mol. The quantitative estimate of drug-likeness (QED) is 0.431. The molecule has 0 spiro atoms. The van der Waals surface area contributed by atoms with Crippen molar-refractivity contribution < 1.29 is 0 Å². The lowest BCUT2D eigenvalue weighted by Gasteiger charge is -2.36. The number of halogens is 1. The Morgan fingerprint density at radius 2 is 2.09 bits per heavy atom. The van der Waals surface area contributed by atoms with E-state index in [1.807, 2.05) is 7.05 Å². The largest absolute Gasteiger partial charge is 0.355 e. The van der Waals surface area contributed by atoms with Crippen LogP contribution in [0.5, 0.6) is 0 Å². The molecule has 1 N–H and O–H groups in total. The molecule has 0 aromatic heterocycles. The number of likely N-dealkylation sites (tertiary alicyclic amines) is 2. The summed E-state index contributed by atoms with van der Waals surface area (Å²) in [5.74, 6) is 1.93. The normalized spacial score (nSPS) is 27.4. The molecule has 5 heteroatoms. The van der Waals surface area contributed by atoms with Gasteiger partial charge in [0, 0.05) is 39.3 Å². The van der Waals surface area contributed by atoms with Crippen LogP contribution in [0.1, 0.15) is 47.0 Å². The fourth-order valence-corrected chi connectivity index (χ4v) is 3.62. The lowest BCUT2D eigenvalue weighted by atomic mass is 9.93. The summed E-state index contributed by atoms with van der Waals surface area (Å²) in [4.78, 5) is 9.52. The van der Waals surface area contributed by atoms with Crippen LogP contribution in [0.3, 0.4) is 0 Å². The molecule has 4 nitrogen and oxygen atoms in total. The number of hydrogen-bond acceptors (Lipinski definition) is 2. The maximum absolute atomic E-state index is 4.48. The van der Waals surface area contributed by atoms with E-state index in [0.717, 1.165) is 31.5 Å². The van der Waals surface area contributed by atoms with Gasteiger partial charge in [-0.05, 0) is 44.1 Å². The fraction of sp³-hybridized carbons (Fsp3) is 0.941. The number of guanidine groups is 1. The third-order valence-corrected chi connectivity index (χ3v) is 5.06. The average Bonchev–Trinajstić information content (AvgIpc) is 2.79. The van der Waals surface area contributed by atoms with Crippen molar-refractivity contribution in [3.63, 3.8) is 0 Å². The van der Waals surface area contributed by atoms with Crippen molar-refractivity contribution in [1.29, 1.82) is 0 Å². The van der Waals surface area contributed by atoms with Gasteiger partial charge in [-0.15, -0.1) is 24.0 Å². The van der Waals surface area contributed by atoms with Crippen molar-refractivity contribution in [3.05, 3.63) is 0 Å². The Labute approximate surface area is 154 Å². The van der Waals surface area contributed by atoms with Crippen LogP contribution >= 0.6 is 24.0 Å². The third kappa shape index (κ3) is 5.55. The van der Waals surface area contributed by atoms with Crippen LogP contribution in [0.15, 0.2) is 4.99 Å². The van der Waals surface area contributed by atoms with Crippen LogP contribution < -0.4 is 5.32 Å². The zero-order valence-corrected chi connectivity index (χ0v) is 17.4. The molecular formula is C17H35IN4. The van der Waals surface area contributed by atoms with Crippen molar-refractivity contribution in [2.24, 2.45) is 16.3 Å².